The zero-order valence-electron chi connectivity index (χ0n) is 13.1. The predicted molar refractivity (Wildman–Crippen MR) is 93.7 cm³/mol. The average molecular weight is 351 g/mol. The Morgan fingerprint density at radius 2 is 1.48 bits per heavy atom. The summed E-state index contributed by atoms with van der Waals surface area (Å²) in [7, 11) is -3.13. The van der Waals surface area contributed by atoms with E-state index in [-0.39, 0.29) is 11.5 Å². The molecule has 0 radical (unpaired) electrons. The van der Waals surface area contributed by atoms with Gasteiger partial charge in [0.1, 0.15) is 0 Å². The van der Waals surface area contributed by atoms with Crippen molar-refractivity contribution < 1.29 is 13.2 Å². The van der Waals surface area contributed by atoms with E-state index in [1.807, 2.05) is 12.1 Å². The molecule has 2 aromatic rings. The van der Waals surface area contributed by atoms with E-state index in [0.29, 0.717) is 22.6 Å². The molecule has 122 valence electrons. The first-order chi connectivity index (χ1) is 10.8. The van der Waals surface area contributed by atoms with Crippen LogP contribution < -0.4 is 0 Å². The van der Waals surface area contributed by atoms with E-state index < -0.39 is 15.1 Å². The van der Waals surface area contributed by atoms with Crippen molar-refractivity contribution in [3.05, 3.63) is 70.2 Å². The molecule has 0 saturated heterocycles. The average Bonchev–Trinajstić information content (AvgIpc) is 2.49. The molecule has 0 spiro atoms. The summed E-state index contributed by atoms with van der Waals surface area (Å²) >= 11 is 5.82. The van der Waals surface area contributed by atoms with Gasteiger partial charge in [0.2, 0.25) is 0 Å². The number of sulfone groups is 1. The second kappa shape index (κ2) is 7.28. The summed E-state index contributed by atoms with van der Waals surface area (Å²) in [6.45, 7) is 3.33. The van der Waals surface area contributed by atoms with Crippen molar-refractivity contribution in [3.8, 4) is 0 Å². The lowest BCUT2D eigenvalue weighted by Crippen LogP contribution is -2.16. The standard InChI is InChI=1S/C18H19ClO3S/c1-13(2)23(21,22)12-15-3-7-16(8-4-15)18(20)11-14-5-9-17(19)10-6-14/h3-10,13H,11-12H2,1-2H3. The van der Waals surface area contributed by atoms with Gasteiger partial charge in [0, 0.05) is 17.0 Å². The molecule has 0 aliphatic carbocycles. The monoisotopic (exact) mass is 350 g/mol. The molecule has 0 saturated carbocycles. The Balaban J connectivity index is 2.07. The molecule has 3 nitrogen and oxygen atoms in total. The number of hydrogen-bond donors (Lipinski definition) is 0. The van der Waals surface area contributed by atoms with Crippen LogP contribution in [0.15, 0.2) is 48.5 Å². The normalized spacial score (nSPS) is 11.7. The summed E-state index contributed by atoms with van der Waals surface area (Å²) in [4.78, 5) is 12.3. The molecule has 0 aliphatic rings. The van der Waals surface area contributed by atoms with E-state index in [0.717, 1.165) is 5.56 Å². The zero-order valence-corrected chi connectivity index (χ0v) is 14.7. The van der Waals surface area contributed by atoms with Crippen molar-refractivity contribution >= 4 is 27.2 Å². The highest BCUT2D eigenvalue weighted by Crippen LogP contribution is 2.15. The van der Waals surface area contributed by atoms with Gasteiger partial charge in [-0.25, -0.2) is 8.42 Å². The van der Waals surface area contributed by atoms with E-state index in [4.69, 9.17) is 11.6 Å². The van der Waals surface area contributed by atoms with Gasteiger partial charge >= 0.3 is 0 Å². The van der Waals surface area contributed by atoms with Crippen LogP contribution in [-0.4, -0.2) is 19.5 Å². The SMILES string of the molecule is CC(C)S(=O)(=O)Cc1ccc(C(=O)Cc2ccc(Cl)cc2)cc1. The van der Waals surface area contributed by atoms with E-state index in [2.05, 4.69) is 0 Å². The number of benzene rings is 2. The maximum Gasteiger partial charge on any atom is 0.167 e. The minimum atomic E-state index is -3.13. The largest absolute Gasteiger partial charge is 0.294 e. The van der Waals surface area contributed by atoms with E-state index in [9.17, 15) is 13.2 Å². The molecule has 23 heavy (non-hydrogen) atoms. The lowest BCUT2D eigenvalue weighted by atomic mass is 10.0. The molecule has 0 aromatic heterocycles. The number of halogens is 1. The van der Waals surface area contributed by atoms with Crippen LogP contribution in [-0.2, 0) is 22.0 Å². The lowest BCUT2D eigenvalue weighted by molar-refractivity contribution is 0.0993. The molecule has 0 amide bonds. The third-order valence-electron chi connectivity index (χ3n) is 3.64. The minimum Gasteiger partial charge on any atom is -0.294 e. The highest BCUT2D eigenvalue weighted by atomic mass is 35.5. The number of ketones is 1. The smallest absolute Gasteiger partial charge is 0.167 e. The van der Waals surface area contributed by atoms with Gasteiger partial charge in [-0.05, 0) is 37.1 Å². The molecule has 5 heteroatoms. The first-order valence-corrected chi connectivity index (χ1v) is 9.45. The van der Waals surface area contributed by atoms with Gasteiger partial charge < -0.3 is 0 Å². The molecule has 0 atom stereocenters. The topological polar surface area (TPSA) is 51.2 Å². The lowest BCUT2D eigenvalue weighted by Gasteiger charge is -2.08. The fraction of sp³-hybridized carbons (Fsp3) is 0.278. The van der Waals surface area contributed by atoms with Crippen molar-refractivity contribution in [3.63, 3.8) is 0 Å². The number of Topliss-reactive ketones (excluding diaryl/α,β-unsaturated/α-hetero) is 1. The molecular weight excluding hydrogens is 332 g/mol. The van der Waals surface area contributed by atoms with Gasteiger partial charge in [-0.15, -0.1) is 0 Å². The maximum atomic E-state index is 12.3. The van der Waals surface area contributed by atoms with Crippen molar-refractivity contribution in [2.24, 2.45) is 0 Å². The third kappa shape index (κ3) is 4.91. The van der Waals surface area contributed by atoms with Gasteiger partial charge in [-0.2, -0.15) is 0 Å². The fourth-order valence-corrected chi connectivity index (χ4v) is 3.19. The molecule has 0 aliphatic heterocycles. The molecule has 0 unspecified atom stereocenters. The number of carbonyl (C=O) groups excluding carboxylic acids is 1. The quantitative estimate of drug-likeness (QED) is 0.737. The predicted octanol–water partition coefficient (Wildman–Crippen LogP) is 4.09. The van der Waals surface area contributed by atoms with Gasteiger partial charge in [0.25, 0.3) is 0 Å². The fourth-order valence-electron chi connectivity index (χ4n) is 2.08. The molecular formula is C18H19ClO3S. The maximum absolute atomic E-state index is 12.3. The Kier molecular flexibility index (Phi) is 5.60. The molecule has 0 fully saturated rings. The van der Waals surface area contributed by atoms with E-state index >= 15 is 0 Å². The third-order valence-corrected chi connectivity index (χ3v) is 6.06. The summed E-state index contributed by atoms with van der Waals surface area (Å²) in [5.74, 6) is -0.0124. The zero-order chi connectivity index (χ0) is 17.0. The Morgan fingerprint density at radius 1 is 0.957 bits per heavy atom. The van der Waals surface area contributed by atoms with Crippen LogP contribution in [0.4, 0.5) is 0 Å². The van der Waals surface area contributed by atoms with Crippen LogP contribution in [0.5, 0.6) is 0 Å². The summed E-state index contributed by atoms with van der Waals surface area (Å²) in [6, 6.07) is 13.9. The highest BCUT2D eigenvalue weighted by Gasteiger charge is 2.17. The van der Waals surface area contributed by atoms with Gasteiger partial charge in [0.15, 0.2) is 15.6 Å². The summed E-state index contributed by atoms with van der Waals surface area (Å²) in [5, 5.41) is 0.227. The van der Waals surface area contributed by atoms with E-state index in [1.54, 1.807) is 50.2 Å². The Hall–Kier alpha value is -1.65. The first-order valence-electron chi connectivity index (χ1n) is 7.36. The second-order valence-corrected chi connectivity index (χ2v) is 8.77. The molecule has 2 aromatic carbocycles. The highest BCUT2D eigenvalue weighted by molar-refractivity contribution is 7.91. The molecule has 0 heterocycles. The minimum absolute atomic E-state index is 0.00365. The summed E-state index contributed by atoms with van der Waals surface area (Å²) in [5.41, 5.74) is 2.17. The van der Waals surface area contributed by atoms with Crippen LogP contribution in [0, 0.1) is 0 Å². The Bertz CT molecular complexity index is 776. The molecule has 2 rings (SSSR count). The number of rotatable bonds is 6. The van der Waals surface area contributed by atoms with Crippen LogP contribution in [0.25, 0.3) is 0 Å². The van der Waals surface area contributed by atoms with Crippen molar-refractivity contribution in [2.75, 3.05) is 0 Å². The van der Waals surface area contributed by atoms with Crippen LogP contribution in [0.3, 0.4) is 0 Å². The Morgan fingerprint density at radius 3 is 2.00 bits per heavy atom. The Labute approximate surface area is 142 Å². The molecule has 0 N–H and O–H groups in total. The van der Waals surface area contributed by atoms with Crippen molar-refractivity contribution in [1.29, 1.82) is 0 Å². The van der Waals surface area contributed by atoms with Gasteiger partial charge in [0.05, 0.1) is 11.0 Å². The second-order valence-electron chi connectivity index (χ2n) is 5.78. The van der Waals surface area contributed by atoms with Crippen LogP contribution in [0.1, 0.15) is 35.3 Å². The number of hydrogen-bond acceptors (Lipinski definition) is 3. The van der Waals surface area contributed by atoms with Crippen LogP contribution >= 0.6 is 11.6 Å². The summed E-state index contributed by atoms with van der Waals surface area (Å²) in [6.07, 6.45) is 0.292. The van der Waals surface area contributed by atoms with Gasteiger partial charge in [-0.1, -0.05) is 48.0 Å². The van der Waals surface area contributed by atoms with Crippen molar-refractivity contribution in [1.82, 2.24) is 0 Å². The summed E-state index contributed by atoms with van der Waals surface area (Å²) < 4.78 is 23.8. The van der Waals surface area contributed by atoms with Crippen LogP contribution in [0.2, 0.25) is 5.02 Å². The molecule has 0 bridgehead atoms. The van der Waals surface area contributed by atoms with Crippen molar-refractivity contribution in [2.45, 2.75) is 31.3 Å². The number of carbonyl (C=O) groups is 1. The van der Waals surface area contributed by atoms with Gasteiger partial charge in [-0.3, -0.25) is 4.79 Å². The first kappa shape index (κ1) is 17.7. The van der Waals surface area contributed by atoms with E-state index in [1.165, 1.54) is 0 Å².